The van der Waals surface area contributed by atoms with E-state index in [0.717, 1.165) is 21.5 Å². The number of carbonyl (C=O) groups is 2. The zero-order valence-electron chi connectivity index (χ0n) is 21.9. The third-order valence-electron chi connectivity index (χ3n) is 6.24. The number of ether oxygens (including phenoxy) is 4. The lowest BCUT2D eigenvalue weighted by Crippen LogP contribution is -2.24. The fourth-order valence-electron chi connectivity index (χ4n) is 4.29. The van der Waals surface area contributed by atoms with Crippen LogP contribution in [0.2, 0.25) is 0 Å². The van der Waals surface area contributed by atoms with Gasteiger partial charge < -0.3 is 18.9 Å². The molecule has 5 aromatic rings. The second kappa shape index (κ2) is 12.0. The molecule has 1 amide bonds. The van der Waals surface area contributed by atoms with E-state index >= 15 is 0 Å². The van der Waals surface area contributed by atoms with Crippen LogP contribution in [0.4, 0.5) is 0 Å². The lowest BCUT2D eigenvalue weighted by atomic mass is 10.0. The van der Waals surface area contributed by atoms with E-state index in [1.807, 2.05) is 72.8 Å². The lowest BCUT2D eigenvalue weighted by Gasteiger charge is -2.12. The summed E-state index contributed by atoms with van der Waals surface area (Å²) < 4.78 is 22.0. The van der Waals surface area contributed by atoms with E-state index in [1.54, 1.807) is 24.3 Å². The zero-order valence-corrected chi connectivity index (χ0v) is 21.9. The third kappa shape index (κ3) is 5.71. The summed E-state index contributed by atoms with van der Waals surface area (Å²) in [5.74, 6) is 0.772. The van der Waals surface area contributed by atoms with Gasteiger partial charge in [-0.3, -0.25) is 4.79 Å². The first-order valence-electron chi connectivity index (χ1n) is 12.5. The van der Waals surface area contributed by atoms with Crippen LogP contribution in [0, 0.1) is 0 Å². The smallest absolute Gasteiger partial charge is 0.343 e. The van der Waals surface area contributed by atoms with E-state index in [9.17, 15) is 9.59 Å². The standard InChI is InChI=1S/C32H26N2O6/c1-37-29-17-15-23(18-30(29)38-2)32(36)40-28-16-14-22-9-3-5-11-24(22)26(28)19-33-34-31(35)20-39-27-13-7-10-21-8-4-6-12-25(21)27/h3-19H,20H2,1-2H3,(H,34,35)/b33-19-. The van der Waals surface area contributed by atoms with Gasteiger partial charge in [-0.15, -0.1) is 0 Å². The van der Waals surface area contributed by atoms with E-state index in [4.69, 9.17) is 18.9 Å². The van der Waals surface area contributed by atoms with Crippen molar-refractivity contribution in [2.45, 2.75) is 0 Å². The van der Waals surface area contributed by atoms with Crippen molar-refractivity contribution in [1.29, 1.82) is 0 Å². The van der Waals surface area contributed by atoms with Gasteiger partial charge in [-0.05, 0) is 46.5 Å². The largest absolute Gasteiger partial charge is 0.493 e. The highest BCUT2D eigenvalue weighted by molar-refractivity contribution is 6.04. The molecule has 40 heavy (non-hydrogen) atoms. The van der Waals surface area contributed by atoms with Crippen molar-refractivity contribution in [3.8, 4) is 23.0 Å². The molecule has 0 fully saturated rings. The van der Waals surface area contributed by atoms with Gasteiger partial charge in [0.25, 0.3) is 5.91 Å². The fraction of sp³-hybridized carbons (Fsp3) is 0.0938. The van der Waals surface area contributed by atoms with Gasteiger partial charge in [-0.1, -0.05) is 66.7 Å². The lowest BCUT2D eigenvalue weighted by molar-refractivity contribution is -0.123. The zero-order chi connectivity index (χ0) is 27.9. The fourth-order valence-corrected chi connectivity index (χ4v) is 4.29. The summed E-state index contributed by atoms with van der Waals surface area (Å²) in [5, 5.41) is 7.77. The molecule has 0 radical (unpaired) electrons. The van der Waals surface area contributed by atoms with Crippen molar-refractivity contribution >= 4 is 39.6 Å². The summed E-state index contributed by atoms with van der Waals surface area (Å²) in [6.07, 6.45) is 1.45. The van der Waals surface area contributed by atoms with Crippen LogP contribution in [-0.4, -0.2) is 38.9 Å². The van der Waals surface area contributed by atoms with E-state index in [1.165, 1.54) is 20.4 Å². The minimum Gasteiger partial charge on any atom is -0.493 e. The molecule has 200 valence electrons. The van der Waals surface area contributed by atoms with Crippen LogP contribution >= 0.6 is 0 Å². The van der Waals surface area contributed by atoms with Crippen LogP contribution in [0.1, 0.15) is 15.9 Å². The van der Waals surface area contributed by atoms with Crippen LogP contribution in [0.15, 0.2) is 102 Å². The van der Waals surface area contributed by atoms with Gasteiger partial charge >= 0.3 is 5.97 Å². The molecule has 1 N–H and O–H groups in total. The van der Waals surface area contributed by atoms with Gasteiger partial charge in [0.2, 0.25) is 0 Å². The number of rotatable bonds is 9. The van der Waals surface area contributed by atoms with Gasteiger partial charge in [0, 0.05) is 10.9 Å². The molecule has 8 heteroatoms. The Hall–Kier alpha value is -5.37. The first-order valence-corrected chi connectivity index (χ1v) is 12.5. The van der Waals surface area contributed by atoms with Gasteiger partial charge in [0.1, 0.15) is 11.5 Å². The Morgan fingerprint density at radius 3 is 2.17 bits per heavy atom. The summed E-state index contributed by atoms with van der Waals surface area (Å²) in [4.78, 5) is 25.5. The minimum absolute atomic E-state index is 0.220. The number of hydrogen-bond donors (Lipinski definition) is 1. The molecule has 0 aromatic heterocycles. The van der Waals surface area contributed by atoms with Crippen LogP contribution < -0.4 is 24.4 Å². The summed E-state index contributed by atoms with van der Waals surface area (Å²) in [7, 11) is 3.01. The highest BCUT2D eigenvalue weighted by atomic mass is 16.5. The van der Waals surface area contributed by atoms with Crippen molar-refractivity contribution in [2.24, 2.45) is 5.10 Å². The number of amides is 1. The van der Waals surface area contributed by atoms with Gasteiger partial charge in [0.05, 0.1) is 26.0 Å². The number of hydrogen-bond acceptors (Lipinski definition) is 7. The average molecular weight is 535 g/mol. The first kappa shape index (κ1) is 26.2. The molecule has 5 aromatic carbocycles. The Morgan fingerprint density at radius 1 is 0.725 bits per heavy atom. The number of hydrazone groups is 1. The number of fused-ring (bicyclic) bond motifs is 2. The molecule has 0 atom stereocenters. The predicted octanol–water partition coefficient (Wildman–Crippen LogP) is 5.76. The molecule has 0 aliphatic rings. The predicted molar refractivity (Wildman–Crippen MR) is 154 cm³/mol. The van der Waals surface area contributed by atoms with Crippen LogP contribution in [0.3, 0.4) is 0 Å². The Morgan fingerprint density at radius 2 is 1.40 bits per heavy atom. The first-order chi connectivity index (χ1) is 19.6. The maximum Gasteiger partial charge on any atom is 0.343 e. The Kier molecular flexibility index (Phi) is 7.87. The van der Waals surface area contributed by atoms with Crippen molar-refractivity contribution in [3.05, 3.63) is 108 Å². The quantitative estimate of drug-likeness (QED) is 0.112. The topological polar surface area (TPSA) is 95.5 Å². The summed E-state index contributed by atoms with van der Waals surface area (Å²) >= 11 is 0. The maximum atomic E-state index is 13.0. The number of carbonyl (C=O) groups excluding carboxylic acids is 2. The SMILES string of the molecule is COc1ccc(C(=O)Oc2ccc3ccccc3c2/C=N\NC(=O)COc2cccc3ccccc23)cc1OC. The van der Waals surface area contributed by atoms with E-state index in [0.29, 0.717) is 22.8 Å². The summed E-state index contributed by atoms with van der Waals surface area (Å²) in [6.45, 7) is -0.220. The van der Waals surface area contributed by atoms with Gasteiger partial charge in [-0.2, -0.15) is 5.10 Å². The number of benzene rings is 5. The average Bonchev–Trinajstić information content (AvgIpc) is 3.00. The second-order valence-corrected chi connectivity index (χ2v) is 8.72. The Bertz CT molecular complexity index is 1720. The molecule has 0 aliphatic heterocycles. The van der Waals surface area contributed by atoms with Crippen molar-refractivity contribution in [2.75, 3.05) is 20.8 Å². The van der Waals surface area contributed by atoms with E-state index in [2.05, 4.69) is 10.5 Å². The molecule has 0 unspecified atom stereocenters. The number of methoxy groups -OCH3 is 2. The van der Waals surface area contributed by atoms with Crippen LogP contribution in [-0.2, 0) is 4.79 Å². The number of esters is 1. The molecular weight excluding hydrogens is 508 g/mol. The Labute approximate surface area is 230 Å². The number of nitrogens with zero attached hydrogens (tertiary/aromatic N) is 1. The highest BCUT2D eigenvalue weighted by Gasteiger charge is 2.16. The molecule has 0 aliphatic carbocycles. The summed E-state index contributed by atoms with van der Waals surface area (Å²) in [6, 6.07) is 29.3. The number of nitrogens with one attached hydrogen (secondary N) is 1. The van der Waals surface area contributed by atoms with Crippen molar-refractivity contribution < 1.29 is 28.5 Å². The molecule has 0 bridgehead atoms. The van der Waals surface area contributed by atoms with Crippen LogP contribution in [0.5, 0.6) is 23.0 Å². The molecule has 5 rings (SSSR count). The van der Waals surface area contributed by atoms with Crippen molar-refractivity contribution in [1.82, 2.24) is 5.43 Å². The van der Waals surface area contributed by atoms with Gasteiger partial charge in [-0.25, -0.2) is 10.2 Å². The van der Waals surface area contributed by atoms with E-state index in [-0.39, 0.29) is 17.9 Å². The second-order valence-electron chi connectivity index (χ2n) is 8.72. The molecule has 0 spiro atoms. The molecular formula is C32H26N2O6. The maximum absolute atomic E-state index is 13.0. The molecule has 0 saturated heterocycles. The molecule has 0 heterocycles. The minimum atomic E-state index is -0.585. The monoisotopic (exact) mass is 534 g/mol. The van der Waals surface area contributed by atoms with Crippen LogP contribution in [0.25, 0.3) is 21.5 Å². The normalized spacial score (nSPS) is 10.9. The van der Waals surface area contributed by atoms with E-state index < -0.39 is 11.9 Å². The third-order valence-corrected chi connectivity index (χ3v) is 6.24. The van der Waals surface area contributed by atoms with Crippen molar-refractivity contribution in [3.63, 3.8) is 0 Å². The molecule has 8 nitrogen and oxygen atoms in total. The molecule has 0 saturated carbocycles. The van der Waals surface area contributed by atoms with Gasteiger partial charge in [0.15, 0.2) is 18.1 Å². The highest BCUT2D eigenvalue weighted by Crippen LogP contribution is 2.30. The summed E-state index contributed by atoms with van der Waals surface area (Å²) in [5.41, 5.74) is 3.30. The Balaban J connectivity index is 1.33.